The quantitative estimate of drug-likeness (QED) is 0.857. The molecular formula is C14H14BrFN2. The first kappa shape index (κ1) is 13.2. The molecule has 0 bridgehead atoms. The summed E-state index contributed by atoms with van der Waals surface area (Å²) < 4.78 is 13.9. The Morgan fingerprint density at radius 2 is 2.11 bits per heavy atom. The van der Waals surface area contributed by atoms with E-state index in [2.05, 4.69) is 26.2 Å². The zero-order chi connectivity index (χ0) is 12.8. The Hall–Kier alpha value is -1.26. The van der Waals surface area contributed by atoms with Crippen molar-refractivity contribution in [1.82, 2.24) is 10.3 Å². The van der Waals surface area contributed by atoms with Gasteiger partial charge in [-0.1, -0.05) is 22.0 Å². The van der Waals surface area contributed by atoms with E-state index >= 15 is 0 Å². The van der Waals surface area contributed by atoms with Crippen molar-refractivity contribution < 1.29 is 4.39 Å². The molecule has 2 nitrogen and oxygen atoms in total. The monoisotopic (exact) mass is 308 g/mol. The molecule has 2 rings (SSSR count). The highest BCUT2D eigenvalue weighted by Gasteiger charge is 1.99. The Labute approximate surface area is 114 Å². The molecule has 4 heteroatoms. The second kappa shape index (κ2) is 6.61. The van der Waals surface area contributed by atoms with Crippen LogP contribution >= 0.6 is 15.9 Å². The highest BCUT2D eigenvalue weighted by atomic mass is 79.9. The third kappa shape index (κ3) is 4.20. The lowest BCUT2D eigenvalue weighted by Gasteiger charge is -2.06. The predicted octanol–water partition coefficient (Wildman–Crippen LogP) is 3.32. The second-order valence-electron chi connectivity index (χ2n) is 4.07. The minimum Gasteiger partial charge on any atom is -0.312 e. The zero-order valence-electron chi connectivity index (χ0n) is 9.87. The molecule has 2 aromatic rings. The van der Waals surface area contributed by atoms with Gasteiger partial charge in [0.2, 0.25) is 0 Å². The molecule has 18 heavy (non-hydrogen) atoms. The summed E-state index contributed by atoms with van der Waals surface area (Å²) >= 11 is 3.28. The summed E-state index contributed by atoms with van der Waals surface area (Å²) in [5.41, 5.74) is 2.14. The first-order chi connectivity index (χ1) is 8.74. The molecule has 1 aromatic heterocycles. The van der Waals surface area contributed by atoms with Crippen LogP contribution < -0.4 is 5.32 Å². The van der Waals surface area contributed by atoms with Gasteiger partial charge in [-0.2, -0.15) is 0 Å². The molecule has 0 amide bonds. The van der Waals surface area contributed by atoms with Gasteiger partial charge in [0.25, 0.3) is 0 Å². The summed E-state index contributed by atoms with van der Waals surface area (Å²) in [5, 5.41) is 3.29. The number of rotatable bonds is 5. The zero-order valence-corrected chi connectivity index (χ0v) is 11.5. The molecule has 0 fully saturated rings. The van der Waals surface area contributed by atoms with E-state index in [9.17, 15) is 4.39 Å². The van der Waals surface area contributed by atoms with E-state index in [-0.39, 0.29) is 5.82 Å². The Morgan fingerprint density at radius 1 is 1.22 bits per heavy atom. The Bertz CT molecular complexity index is 482. The van der Waals surface area contributed by atoms with Gasteiger partial charge in [0, 0.05) is 23.4 Å². The smallest absolute Gasteiger partial charge is 0.124 e. The first-order valence-electron chi connectivity index (χ1n) is 5.78. The minimum absolute atomic E-state index is 0.214. The van der Waals surface area contributed by atoms with Gasteiger partial charge in [-0.3, -0.25) is 4.98 Å². The Balaban J connectivity index is 1.78. The van der Waals surface area contributed by atoms with E-state index in [1.165, 1.54) is 11.6 Å². The lowest BCUT2D eigenvalue weighted by Crippen LogP contribution is -2.16. The van der Waals surface area contributed by atoms with Crippen LogP contribution in [0, 0.1) is 5.82 Å². The van der Waals surface area contributed by atoms with E-state index in [4.69, 9.17) is 0 Å². The molecule has 0 atom stereocenters. The van der Waals surface area contributed by atoms with Crippen molar-refractivity contribution in [3.05, 3.63) is 64.1 Å². The summed E-state index contributed by atoms with van der Waals surface area (Å²) in [6.45, 7) is 1.51. The SMILES string of the molecule is Fc1cc(Br)cc(CNCCc2cccnc2)c1. The molecular weight excluding hydrogens is 295 g/mol. The minimum atomic E-state index is -0.214. The number of nitrogens with zero attached hydrogens (tertiary/aromatic N) is 1. The van der Waals surface area contributed by atoms with Crippen LogP contribution in [0.2, 0.25) is 0 Å². The van der Waals surface area contributed by atoms with Gasteiger partial charge in [0.1, 0.15) is 5.82 Å². The van der Waals surface area contributed by atoms with Gasteiger partial charge >= 0.3 is 0 Å². The van der Waals surface area contributed by atoms with Crippen LogP contribution in [0.1, 0.15) is 11.1 Å². The third-order valence-electron chi connectivity index (χ3n) is 2.56. The van der Waals surface area contributed by atoms with Crippen LogP contribution in [0.5, 0.6) is 0 Å². The largest absolute Gasteiger partial charge is 0.312 e. The van der Waals surface area contributed by atoms with Gasteiger partial charge in [0.15, 0.2) is 0 Å². The average molecular weight is 309 g/mol. The number of halogens is 2. The highest BCUT2D eigenvalue weighted by Crippen LogP contribution is 2.14. The molecule has 0 saturated carbocycles. The summed E-state index contributed by atoms with van der Waals surface area (Å²) in [4.78, 5) is 4.06. The van der Waals surface area contributed by atoms with Crippen LogP contribution in [-0.4, -0.2) is 11.5 Å². The fourth-order valence-electron chi connectivity index (χ4n) is 1.72. The maximum atomic E-state index is 13.1. The van der Waals surface area contributed by atoms with Gasteiger partial charge in [0.05, 0.1) is 0 Å². The van der Waals surface area contributed by atoms with E-state index in [0.717, 1.165) is 23.0 Å². The van der Waals surface area contributed by atoms with Crippen molar-refractivity contribution in [3.8, 4) is 0 Å². The standard InChI is InChI=1S/C14H14BrFN2/c15-13-6-12(7-14(16)8-13)10-18-5-3-11-2-1-4-17-9-11/h1-2,4,6-9,18H,3,5,10H2. The molecule has 1 aromatic carbocycles. The van der Waals surface area contributed by atoms with E-state index in [1.54, 1.807) is 12.3 Å². The lowest BCUT2D eigenvalue weighted by atomic mass is 10.2. The Kier molecular flexibility index (Phi) is 4.84. The normalized spacial score (nSPS) is 10.6. The fourth-order valence-corrected chi connectivity index (χ4v) is 2.24. The topological polar surface area (TPSA) is 24.9 Å². The molecule has 1 N–H and O–H groups in total. The average Bonchev–Trinajstić information content (AvgIpc) is 2.35. The number of nitrogens with one attached hydrogen (secondary N) is 1. The van der Waals surface area contributed by atoms with E-state index in [0.29, 0.717) is 6.54 Å². The van der Waals surface area contributed by atoms with Gasteiger partial charge in [-0.15, -0.1) is 0 Å². The molecule has 0 saturated heterocycles. The summed E-state index contributed by atoms with van der Waals surface area (Å²) in [6.07, 6.45) is 4.55. The first-order valence-corrected chi connectivity index (χ1v) is 6.58. The summed E-state index contributed by atoms with van der Waals surface area (Å²) in [7, 11) is 0. The maximum absolute atomic E-state index is 13.1. The van der Waals surface area contributed by atoms with Crippen molar-refractivity contribution in [2.24, 2.45) is 0 Å². The number of pyridine rings is 1. The summed E-state index contributed by atoms with van der Waals surface area (Å²) in [6, 6.07) is 8.90. The van der Waals surface area contributed by atoms with Crippen LogP contribution in [0.25, 0.3) is 0 Å². The van der Waals surface area contributed by atoms with Gasteiger partial charge in [-0.05, 0) is 48.4 Å². The van der Waals surface area contributed by atoms with Crippen LogP contribution in [-0.2, 0) is 13.0 Å². The maximum Gasteiger partial charge on any atom is 0.124 e. The number of hydrogen-bond donors (Lipinski definition) is 1. The Morgan fingerprint density at radius 3 is 2.83 bits per heavy atom. The third-order valence-corrected chi connectivity index (χ3v) is 3.02. The molecule has 0 unspecified atom stereocenters. The van der Waals surface area contributed by atoms with Crippen molar-refractivity contribution in [3.63, 3.8) is 0 Å². The van der Waals surface area contributed by atoms with Crippen LogP contribution in [0.3, 0.4) is 0 Å². The van der Waals surface area contributed by atoms with Crippen LogP contribution in [0.15, 0.2) is 47.2 Å². The van der Waals surface area contributed by atoms with Gasteiger partial charge in [-0.25, -0.2) is 4.39 Å². The molecule has 94 valence electrons. The predicted molar refractivity (Wildman–Crippen MR) is 73.7 cm³/mol. The number of aromatic nitrogens is 1. The molecule has 0 aliphatic carbocycles. The molecule has 0 spiro atoms. The summed E-state index contributed by atoms with van der Waals surface area (Å²) in [5.74, 6) is -0.214. The number of hydrogen-bond acceptors (Lipinski definition) is 2. The van der Waals surface area contributed by atoms with E-state index < -0.39 is 0 Å². The lowest BCUT2D eigenvalue weighted by molar-refractivity contribution is 0.619. The van der Waals surface area contributed by atoms with E-state index in [1.807, 2.05) is 24.4 Å². The van der Waals surface area contributed by atoms with Crippen molar-refractivity contribution in [1.29, 1.82) is 0 Å². The molecule has 0 radical (unpaired) electrons. The van der Waals surface area contributed by atoms with Crippen molar-refractivity contribution in [2.75, 3.05) is 6.54 Å². The van der Waals surface area contributed by atoms with Crippen LogP contribution in [0.4, 0.5) is 4.39 Å². The number of benzene rings is 1. The highest BCUT2D eigenvalue weighted by molar-refractivity contribution is 9.10. The molecule has 1 heterocycles. The fraction of sp³-hybridized carbons (Fsp3) is 0.214. The second-order valence-corrected chi connectivity index (χ2v) is 4.98. The van der Waals surface area contributed by atoms with Crippen molar-refractivity contribution >= 4 is 15.9 Å². The molecule has 0 aliphatic rings. The molecule has 0 aliphatic heterocycles. The van der Waals surface area contributed by atoms with Gasteiger partial charge < -0.3 is 5.32 Å². The van der Waals surface area contributed by atoms with Crippen molar-refractivity contribution in [2.45, 2.75) is 13.0 Å².